The van der Waals surface area contributed by atoms with Gasteiger partial charge in [-0.05, 0) is 53.3 Å². The number of amides is 2. The van der Waals surface area contributed by atoms with Gasteiger partial charge in [0.2, 0.25) is 5.91 Å². The predicted molar refractivity (Wildman–Crippen MR) is 116 cm³/mol. The first-order valence-corrected chi connectivity index (χ1v) is 10.4. The van der Waals surface area contributed by atoms with Gasteiger partial charge in [-0.25, -0.2) is 14.1 Å². The van der Waals surface area contributed by atoms with Crippen LogP contribution in [0.25, 0.3) is 0 Å². The first kappa shape index (κ1) is 21.1. The molecule has 6 heteroatoms. The number of hydrogen-bond acceptors (Lipinski definition) is 3. The van der Waals surface area contributed by atoms with E-state index in [0.29, 0.717) is 11.4 Å². The molecule has 1 aliphatic rings. The van der Waals surface area contributed by atoms with Crippen LogP contribution in [0.3, 0.4) is 0 Å². The molecule has 3 aromatic carbocycles. The monoisotopic (exact) mass is 437 g/mol. The summed E-state index contributed by atoms with van der Waals surface area (Å²) in [5.41, 5.74) is 2.67. The van der Waals surface area contributed by atoms with Crippen LogP contribution in [-0.2, 0) is 16.0 Å². The van der Waals surface area contributed by atoms with Crippen LogP contribution in [0.5, 0.6) is 0 Å². The normalized spacial score (nSPS) is 16.8. The number of rotatable bonds is 6. The summed E-state index contributed by atoms with van der Waals surface area (Å²) in [6, 6.07) is 22.4. The maximum absolute atomic E-state index is 13.3. The highest BCUT2D eigenvalue weighted by molar-refractivity contribution is 6.30. The average Bonchev–Trinajstić information content (AvgIpc) is 3.17. The SMILES string of the molecule is O=C(C[C@@H](Cc1ccc(F)cc1)c1ccc(Cl)cc1)N1C(=O)OC[C@@H]1c1ccccc1. The van der Waals surface area contributed by atoms with Gasteiger partial charge in [-0.1, -0.05) is 66.2 Å². The number of hydrogen-bond donors (Lipinski definition) is 0. The summed E-state index contributed by atoms with van der Waals surface area (Å²) in [7, 11) is 0. The summed E-state index contributed by atoms with van der Waals surface area (Å²) < 4.78 is 18.5. The van der Waals surface area contributed by atoms with Crippen LogP contribution in [0.1, 0.15) is 35.1 Å². The molecule has 3 aromatic rings. The highest BCUT2D eigenvalue weighted by Crippen LogP contribution is 2.32. The van der Waals surface area contributed by atoms with Crippen LogP contribution in [0, 0.1) is 5.82 Å². The molecular weight excluding hydrogens is 417 g/mol. The van der Waals surface area contributed by atoms with E-state index in [4.69, 9.17) is 16.3 Å². The Morgan fingerprint density at radius 3 is 2.39 bits per heavy atom. The molecule has 2 atom stereocenters. The van der Waals surface area contributed by atoms with E-state index in [0.717, 1.165) is 16.7 Å². The molecule has 0 bridgehead atoms. The summed E-state index contributed by atoms with van der Waals surface area (Å²) in [6.45, 7) is 0.137. The molecule has 0 aliphatic carbocycles. The Balaban J connectivity index is 1.59. The van der Waals surface area contributed by atoms with Crippen molar-refractivity contribution in [2.75, 3.05) is 6.61 Å². The maximum Gasteiger partial charge on any atom is 0.417 e. The molecule has 158 valence electrons. The smallest absolute Gasteiger partial charge is 0.417 e. The van der Waals surface area contributed by atoms with Crippen molar-refractivity contribution in [1.29, 1.82) is 0 Å². The fourth-order valence-corrected chi connectivity index (χ4v) is 4.00. The lowest BCUT2D eigenvalue weighted by Crippen LogP contribution is -2.35. The molecule has 2 amide bonds. The van der Waals surface area contributed by atoms with Crippen LogP contribution >= 0.6 is 11.6 Å². The van der Waals surface area contributed by atoms with Gasteiger partial charge in [0.1, 0.15) is 18.5 Å². The molecule has 1 heterocycles. The van der Waals surface area contributed by atoms with Gasteiger partial charge in [-0.2, -0.15) is 0 Å². The molecule has 1 saturated heterocycles. The van der Waals surface area contributed by atoms with Crippen molar-refractivity contribution in [3.63, 3.8) is 0 Å². The summed E-state index contributed by atoms with van der Waals surface area (Å²) in [5, 5.41) is 0.600. The van der Waals surface area contributed by atoms with Gasteiger partial charge >= 0.3 is 6.09 Å². The van der Waals surface area contributed by atoms with Gasteiger partial charge < -0.3 is 4.74 Å². The standard InChI is InChI=1S/C25H21ClFNO3/c26-21-10-8-18(9-11-21)20(14-17-6-12-22(27)13-7-17)15-24(29)28-23(16-31-25(28)30)19-4-2-1-3-5-19/h1-13,20,23H,14-16H2/t20-,23-/m1/s1. The van der Waals surface area contributed by atoms with Crippen molar-refractivity contribution < 1.29 is 18.7 Å². The van der Waals surface area contributed by atoms with E-state index in [1.54, 1.807) is 24.3 Å². The molecule has 4 rings (SSSR count). The van der Waals surface area contributed by atoms with Gasteiger partial charge in [0.05, 0.1) is 0 Å². The summed E-state index contributed by atoms with van der Waals surface area (Å²) in [6.07, 6.45) is -0.000220. The topological polar surface area (TPSA) is 46.6 Å². The van der Waals surface area contributed by atoms with Crippen molar-refractivity contribution in [2.45, 2.75) is 24.8 Å². The quantitative estimate of drug-likeness (QED) is 0.481. The van der Waals surface area contributed by atoms with Gasteiger partial charge in [0.25, 0.3) is 0 Å². The second-order valence-corrected chi connectivity index (χ2v) is 7.99. The van der Waals surface area contributed by atoms with Gasteiger partial charge in [0.15, 0.2) is 0 Å². The second kappa shape index (κ2) is 9.31. The third-order valence-corrected chi connectivity index (χ3v) is 5.74. The highest BCUT2D eigenvalue weighted by atomic mass is 35.5. The zero-order valence-electron chi connectivity index (χ0n) is 16.7. The van der Waals surface area contributed by atoms with Crippen molar-refractivity contribution in [2.24, 2.45) is 0 Å². The Bertz CT molecular complexity index is 1050. The minimum atomic E-state index is -0.629. The zero-order chi connectivity index (χ0) is 21.8. The lowest BCUT2D eigenvalue weighted by molar-refractivity contribution is -0.129. The van der Waals surface area contributed by atoms with Crippen molar-refractivity contribution in [3.05, 3.63) is 106 Å². The first-order chi connectivity index (χ1) is 15.0. The second-order valence-electron chi connectivity index (χ2n) is 7.55. The van der Waals surface area contributed by atoms with E-state index in [1.165, 1.54) is 17.0 Å². The van der Waals surface area contributed by atoms with Gasteiger partial charge in [0, 0.05) is 11.4 Å². The number of imide groups is 1. The Labute approximate surface area is 185 Å². The minimum Gasteiger partial charge on any atom is -0.446 e. The van der Waals surface area contributed by atoms with Crippen LogP contribution in [0.15, 0.2) is 78.9 Å². The molecule has 0 N–H and O–H groups in total. The number of carbonyl (C=O) groups excluding carboxylic acids is 2. The molecule has 31 heavy (non-hydrogen) atoms. The molecule has 1 aliphatic heterocycles. The Kier molecular flexibility index (Phi) is 6.33. The maximum atomic E-state index is 13.3. The van der Waals surface area contributed by atoms with E-state index >= 15 is 0 Å². The van der Waals surface area contributed by atoms with E-state index in [1.807, 2.05) is 42.5 Å². The Hall–Kier alpha value is -3.18. The summed E-state index contributed by atoms with van der Waals surface area (Å²) in [4.78, 5) is 26.9. The van der Waals surface area contributed by atoms with E-state index < -0.39 is 12.1 Å². The molecule has 1 fully saturated rings. The van der Waals surface area contributed by atoms with Crippen LogP contribution in [0.2, 0.25) is 5.02 Å². The van der Waals surface area contributed by atoms with Crippen LogP contribution in [0.4, 0.5) is 9.18 Å². The van der Waals surface area contributed by atoms with E-state index in [2.05, 4.69) is 0 Å². The van der Waals surface area contributed by atoms with E-state index in [9.17, 15) is 14.0 Å². The van der Waals surface area contributed by atoms with Crippen molar-refractivity contribution in [1.82, 2.24) is 4.90 Å². The van der Waals surface area contributed by atoms with Gasteiger partial charge in [-0.3, -0.25) is 4.79 Å². The molecule has 0 unspecified atom stereocenters. The molecule has 0 spiro atoms. The number of cyclic esters (lactones) is 1. The molecular formula is C25H21ClFNO3. The lowest BCUT2D eigenvalue weighted by Gasteiger charge is -2.23. The average molecular weight is 438 g/mol. The van der Waals surface area contributed by atoms with Crippen LogP contribution in [-0.4, -0.2) is 23.5 Å². The minimum absolute atomic E-state index is 0.109. The largest absolute Gasteiger partial charge is 0.446 e. The zero-order valence-corrected chi connectivity index (χ0v) is 17.5. The molecule has 0 radical (unpaired) electrons. The number of halogens is 2. The van der Waals surface area contributed by atoms with Crippen molar-refractivity contribution >= 4 is 23.6 Å². The lowest BCUT2D eigenvalue weighted by atomic mass is 9.88. The fraction of sp³-hybridized carbons (Fsp3) is 0.200. The number of nitrogens with zero attached hydrogens (tertiary/aromatic N) is 1. The number of ether oxygens (including phenoxy) is 1. The highest BCUT2D eigenvalue weighted by Gasteiger charge is 2.39. The summed E-state index contributed by atoms with van der Waals surface area (Å²) >= 11 is 6.03. The molecule has 0 aromatic heterocycles. The predicted octanol–water partition coefficient (Wildman–Crippen LogP) is 5.92. The van der Waals surface area contributed by atoms with Gasteiger partial charge in [-0.15, -0.1) is 0 Å². The molecule has 4 nitrogen and oxygen atoms in total. The summed E-state index contributed by atoms with van der Waals surface area (Å²) in [5.74, 6) is -0.827. The Morgan fingerprint density at radius 1 is 1.03 bits per heavy atom. The molecule has 0 saturated carbocycles. The third kappa shape index (κ3) is 4.94. The van der Waals surface area contributed by atoms with E-state index in [-0.39, 0.29) is 30.7 Å². The third-order valence-electron chi connectivity index (χ3n) is 5.48. The number of benzene rings is 3. The Morgan fingerprint density at radius 2 is 1.71 bits per heavy atom. The first-order valence-electron chi connectivity index (χ1n) is 10.0. The van der Waals surface area contributed by atoms with Crippen molar-refractivity contribution in [3.8, 4) is 0 Å². The van der Waals surface area contributed by atoms with Crippen LogP contribution < -0.4 is 0 Å². The number of carbonyl (C=O) groups is 2. The fourth-order valence-electron chi connectivity index (χ4n) is 3.87.